The molecule has 5 rings (SSSR count). The summed E-state index contributed by atoms with van der Waals surface area (Å²) in [6.07, 6.45) is 4.00. The molecule has 1 N–H and O–H groups in total. The van der Waals surface area contributed by atoms with Crippen LogP contribution in [0.2, 0.25) is 0 Å². The van der Waals surface area contributed by atoms with Gasteiger partial charge in [0.1, 0.15) is 12.2 Å². The number of carbonyl (C=O) groups excluding carboxylic acids is 3. The van der Waals surface area contributed by atoms with Crippen molar-refractivity contribution in [2.75, 3.05) is 39.3 Å². The topological polar surface area (TPSA) is 95.1 Å². The summed E-state index contributed by atoms with van der Waals surface area (Å²) in [5.74, 6) is 0.0312. The Balaban J connectivity index is 1.39. The number of carbonyl (C=O) groups is 3. The summed E-state index contributed by atoms with van der Waals surface area (Å²) in [4.78, 5) is 49.2. The first-order valence-electron chi connectivity index (χ1n) is 12.7. The molecule has 2 saturated heterocycles. The molecule has 3 atom stereocenters. The van der Waals surface area contributed by atoms with E-state index in [1.54, 1.807) is 30.2 Å². The summed E-state index contributed by atoms with van der Waals surface area (Å²) in [5.41, 5.74) is 1.66. The van der Waals surface area contributed by atoms with E-state index in [2.05, 4.69) is 27.3 Å². The van der Waals surface area contributed by atoms with E-state index < -0.39 is 0 Å². The van der Waals surface area contributed by atoms with Gasteiger partial charge in [-0.2, -0.15) is 0 Å². The quantitative estimate of drug-likeness (QED) is 0.694. The van der Waals surface area contributed by atoms with Crippen LogP contribution in [0.3, 0.4) is 0 Å². The van der Waals surface area contributed by atoms with Gasteiger partial charge in [0.05, 0.1) is 12.1 Å². The lowest BCUT2D eigenvalue weighted by molar-refractivity contribution is -0.146. The maximum atomic E-state index is 13.9. The molecule has 0 radical (unpaired) electrons. The van der Waals surface area contributed by atoms with E-state index in [-0.39, 0.29) is 48.3 Å². The summed E-state index contributed by atoms with van der Waals surface area (Å²) in [6, 6.07) is 13.0. The van der Waals surface area contributed by atoms with Crippen LogP contribution in [0.25, 0.3) is 0 Å². The highest BCUT2D eigenvalue weighted by atomic mass is 16.5. The Morgan fingerprint density at radius 3 is 2.75 bits per heavy atom. The van der Waals surface area contributed by atoms with Crippen LogP contribution in [0.15, 0.2) is 48.7 Å². The van der Waals surface area contributed by atoms with Crippen molar-refractivity contribution >= 4 is 17.7 Å². The molecule has 3 aliphatic heterocycles. The Morgan fingerprint density at radius 1 is 1.11 bits per heavy atom. The van der Waals surface area contributed by atoms with Crippen LogP contribution in [-0.2, 0) is 16.0 Å². The third-order valence-corrected chi connectivity index (χ3v) is 7.42. The van der Waals surface area contributed by atoms with E-state index >= 15 is 0 Å². The molecule has 0 aliphatic carbocycles. The van der Waals surface area contributed by atoms with E-state index in [0.29, 0.717) is 38.2 Å². The molecule has 0 saturated carbocycles. The minimum Gasteiger partial charge on any atom is -0.475 e. The van der Waals surface area contributed by atoms with Crippen molar-refractivity contribution in [2.24, 2.45) is 0 Å². The van der Waals surface area contributed by atoms with Crippen LogP contribution >= 0.6 is 0 Å². The Labute approximate surface area is 211 Å². The highest BCUT2D eigenvalue weighted by Gasteiger charge is 2.43. The Hall–Kier alpha value is -3.46. The first kappa shape index (κ1) is 24.2. The number of fused-ring (bicyclic) bond motifs is 4. The van der Waals surface area contributed by atoms with Crippen molar-refractivity contribution < 1.29 is 19.1 Å². The summed E-state index contributed by atoms with van der Waals surface area (Å²) < 4.78 is 5.99. The van der Waals surface area contributed by atoms with E-state index in [9.17, 15) is 14.4 Å². The molecule has 2 fully saturated rings. The summed E-state index contributed by atoms with van der Waals surface area (Å²) in [6.45, 7) is 4.47. The predicted molar refractivity (Wildman–Crippen MR) is 133 cm³/mol. The van der Waals surface area contributed by atoms with Crippen molar-refractivity contribution in [3.05, 3.63) is 59.8 Å². The third-order valence-electron chi connectivity index (χ3n) is 7.42. The smallest absolute Gasteiger partial charge is 0.257 e. The molecule has 1 aromatic heterocycles. The van der Waals surface area contributed by atoms with E-state index in [4.69, 9.17) is 4.74 Å². The lowest BCUT2D eigenvalue weighted by Crippen LogP contribution is -2.61. The van der Waals surface area contributed by atoms with Crippen molar-refractivity contribution in [3.63, 3.8) is 0 Å². The number of rotatable bonds is 4. The average Bonchev–Trinajstić information content (AvgIpc) is 3.29. The fourth-order valence-corrected chi connectivity index (χ4v) is 5.53. The molecule has 4 heterocycles. The number of nitrogens with one attached hydrogen (secondary N) is 1. The van der Waals surface area contributed by atoms with Gasteiger partial charge in [0, 0.05) is 45.3 Å². The Morgan fingerprint density at radius 2 is 1.94 bits per heavy atom. The Kier molecular flexibility index (Phi) is 7.18. The zero-order valence-corrected chi connectivity index (χ0v) is 20.6. The van der Waals surface area contributed by atoms with Crippen LogP contribution < -0.4 is 10.1 Å². The van der Waals surface area contributed by atoms with Gasteiger partial charge in [0.2, 0.25) is 17.7 Å². The second-order valence-corrected chi connectivity index (χ2v) is 9.82. The van der Waals surface area contributed by atoms with Gasteiger partial charge in [-0.3, -0.25) is 19.3 Å². The molecule has 1 aromatic carbocycles. The monoisotopic (exact) mass is 491 g/mol. The van der Waals surface area contributed by atoms with Crippen molar-refractivity contribution in [1.82, 2.24) is 25.0 Å². The summed E-state index contributed by atoms with van der Waals surface area (Å²) in [5, 5.41) is 3.11. The highest BCUT2D eigenvalue weighted by molar-refractivity contribution is 5.96. The Bertz CT molecular complexity index is 1110. The molecule has 0 spiro atoms. The van der Waals surface area contributed by atoms with Crippen molar-refractivity contribution in [2.45, 2.75) is 44.3 Å². The maximum Gasteiger partial charge on any atom is 0.257 e. The molecule has 0 unspecified atom stereocenters. The van der Waals surface area contributed by atoms with E-state index in [1.807, 2.05) is 23.1 Å². The van der Waals surface area contributed by atoms with Gasteiger partial charge in [0.25, 0.3) is 5.91 Å². The summed E-state index contributed by atoms with van der Waals surface area (Å²) in [7, 11) is 0. The minimum absolute atomic E-state index is 0.0189. The number of ether oxygens (including phenoxy) is 1. The normalized spacial score (nSPS) is 24.6. The van der Waals surface area contributed by atoms with Gasteiger partial charge in [0.15, 0.2) is 0 Å². The van der Waals surface area contributed by atoms with Gasteiger partial charge in [-0.1, -0.05) is 30.3 Å². The minimum atomic E-state index is -0.315. The van der Waals surface area contributed by atoms with Gasteiger partial charge in [-0.05, 0) is 43.5 Å². The number of hydrogen-bond acceptors (Lipinski definition) is 6. The molecule has 2 bridgehead atoms. The number of aryl methyl sites for hydroxylation is 1. The largest absolute Gasteiger partial charge is 0.475 e. The molecule has 190 valence electrons. The first-order chi connectivity index (χ1) is 17.5. The average molecular weight is 492 g/mol. The van der Waals surface area contributed by atoms with Crippen LogP contribution in [0.1, 0.15) is 35.7 Å². The lowest BCUT2D eigenvalue weighted by Gasteiger charge is -2.42. The number of nitrogens with zero attached hydrogens (tertiary/aromatic N) is 4. The molecular formula is C27H33N5O4. The fraction of sp³-hybridized carbons (Fsp3) is 0.481. The number of piperazine rings is 1. The molecule has 36 heavy (non-hydrogen) atoms. The van der Waals surface area contributed by atoms with Crippen LogP contribution in [0.4, 0.5) is 0 Å². The van der Waals surface area contributed by atoms with Gasteiger partial charge >= 0.3 is 0 Å². The first-order valence-corrected chi connectivity index (χ1v) is 12.7. The summed E-state index contributed by atoms with van der Waals surface area (Å²) >= 11 is 0. The zero-order chi connectivity index (χ0) is 25.1. The van der Waals surface area contributed by atoms with Gasteiger partial charge in [-0.25, -0.2) is 4.98 Å². The standard InChI is InChI=1S/C27H33N5O4/c1-19(33)30-13-14-32-22(17-30)18-36-26-23(10-5-11-28-26)25(34)29-21-15-24(27(32)35)31(16-21)12-6-9-20-7-3-2-4-8-20/h2-5,7-8,10-11,21-22,24H,6,9,12-18H2,1H3,(H,29,34)/t21-,22-,24-/m0/s1. The highest BCUT2D eigenvalue weighted by Crippen LogP contribution is 2.26. The van der Waals surface area contributed by atoms with E-state index in [1.165, 1.54) is 5.56 Å². The molecular weight excluding hydrogens is 458 g/mol. The van der Waals surface area contributed by atoms with Crippen molar-refractivity contribution in [3.8, 4) is 5.88 Å². The van der Waals surface area contributed by atoms with Crippen LogP contribution in [0.5, 0.6) is 5.88 Å². The van der Waals surface area contributed by atoms with E-state index in [0.717, 1.165) is 19.4 Å². The number of benzene rings is 1. The molecule has 3 aliphatic rings. The van der Waals surface area contributed by atoms with Gasteiger partial charge < -0.3 is 19.9 Å². The van der Waals surface area contributed by atoms with Gasteiger partial charge in [-0.15, -0.1) is 0 Å². The predicted octanol–water partition coefficient (Wildman–Crippen LogP) is 1.34. The van der Waals surface area contributed by atoms with Crippen LogP contribution in [-0.4, -0.2) is 94.9 Å². The fourth-order valence-electron chi connectivity index (χ4n) is 5.53. The second-order valence-electron chi connectivity index (χ2n) is 9.82. The molecule has 9 heteroatoms. The number of aromatic nitrogens is 1. The molecule has 3 amide bonds. The third kappa shape index (κ3) is 5.21. The van der Waals surface area contributed by atoms with Crippen LogP contribution in [0, 0.1) is 0 Å². The molecule has 2 aromatic rings. The number of likely N-dealkylation sites (tertiary alicyclic amines) is 1. The second kappa shape index (κ2) is 10.7. The maximum absolute atomic E-state index is 13.9. The number of hydrogen-bond donors (Lipinski definition) is 1. The molecule has 9 nitrogen and oxygen atoms in total. The van der Waals surface area contributed by atoms with Crippen molar-refractivity contribution in [1.29, 1.82) is 0 Å². The lowest BCUT2D eigenvalue weighted by atomic mass is 10.1. The number of pyridine rings is 1. The SMILES string of the molecule is CC(=O)N1CCN2C(=O)[C@@H]3C[C@@H](CN3CCCc3ccccc3)NC(=O)c3cccnc3OC[C@@H]2C1. The number of amides is 3. The zero-order valence-electron chi connectivity index (χ0n) is 20.6.